The number of carbonyl (C=O) groups excluding carboxylic acids is 2. The van der Waals surface area contributed by atoms with Gasteiger partial charge in [-0.05, 0) is 35.4 Å². The van der Waals surface area contributed by atoms with Gasteiger partial charge in [0.15, 0.2) is 23.0 Å². The predicted octanol–water partition coefficient (Wildman–Crippen LogP) is 3.48. The third kappa shape index (κ3) is 5.92. The van der Waals surface area contributed by atoms with Crippen molar-refractivity contribution in [2.24, 2.45) is 0 Å². The number of rotatable bonds is 5. The molecule has 2 aromatic carbocycles. The molecule has 9 nitrogen and oxygen atoms in total. The van der Waals surface area contributed by atoms with E-state index in [1.165, 1.54) is 0 Å². The van der Waals surface area contributed by atoms with E-state index in [4.69, 9.17) is 18.9 Å². The van der Waals surface area contributed by atoms with Gasteiger partial charge in [-0.2, -0.15) is 13.2 Å². The topological polar surface area (TPSA) is 86.8 Å². The first-order valence-electron chi connectivity index (χ1n) is 10.8. The van der Waals surface area contributed by atoms with E-state index >= 15 is 0 Å². The minimum absolute atomic E-state index is 0. The Hall–Kier alpha value is -3.09. The van der Waals surface area contributed by atoms with E-state index in [0.29, 0.717) is 36.1 Å². The summed E-state index contributed by atoms with van der Waals surface area (Å²) in [4.78, 5) is 26.1. The molecule has 1 amide bonds. The Morgan fingerprint density at radius 1 is 0.865 bits per heavy atom. The van der Waals surface area contributed by atoms with Gasteiger partial charge in [-0.25, -0.2) is 11.1 Å². The van der Waals surface area contributed by atoms with Gasteiger partial charge in [0.1, 0.15) is 6.10 Å². The van der Waals surface area contributed by atoms with E-state index in [-0.39, 0.29) is 58.7 Å². The van der Waals surface area contributed by atoms with E-state index in [0.717, 1.165) is 22.3 Å². The van der Waals surface area contributed by atoms with Crippen LogP contribution in [0.1, 0.15) is 17.2 Å². The van der Waals surface area contributed by atoms with Crippen LogP contribution in [0.3, 0.4) is 0 Å². The molecular formula is C24H23F3N2O7V. The summed E-state index contributed by atoms with van der Waals surface area (Å²) in [5.74, 6) is 2.49. The predicted molar refractivity (Wildman–Crippen MR) is 119 cm³/mol. The van der Waals surface area contributed by atoms with Gasteiger partial charge < -0.3 is 40.8 Å². The summed E-state index contributed by atoms with van der Waals surface area (Å²) in [6.07, 6.45) is -8.41. The first-order valence-corrected chi connectivity index (χ1v) is 10.8. The third-order valence-electron chi connectivity index (χ3n) is 5.99. The molecule has 3 aliphatic rings. The van der Waals surface area contributed by atoms with Crippen molar-refractivity contribution in [3.63, 3.8) is 0 Å². The molecular weight excluding hydrogens is 536 g/mol. The van der Waals surface area contributed by atoms with Gasteiger partial charge in [-0.15, -0.1) is 0 Å². The molecule has 0 spiro atoms. The number of ether oxygens (including phenoxy) is 5. The Morgan fingerprint density at radius 2 is 1.35 bits per heavy atom. The summed E-state index contributed by atoms with van der Waals surface area (Å²) in [6.45, 7) is 1.15. The molecule has 37 heavy (non-hydrogen) atoms. The maximum atomic E-state index is 12.8. The molecule has 1 radical (unpaired) electrons. The number of amides is 1. The molecule has 0 saturated carbocycles. The number of alkyl halides is 3. The van der Waals surface area contributed by atoms with Crippen molar-refractivity contribution in [2.45, 2.75) is 18.3 Å². The summed E-state index contributed by atoms with van der Waals surface area (Å²) in [5.41, 5.74) is 1.80. The summed E-state index contributed by atoms with van der Waals surface area (Å²) in [7, 11) is 0. The summed E-state index contributed by atoms with van der Waals surface area (Å²) >= 11 is 0. The van der Waals surface area contributed by atoms with E-state index in [2.05, 4.69) is 9.64 Å². The smallest absolute Gasteiger partial charge is 0.538 e. The van der Waals surface area contributed by atoms with Crippen LogP contribution in [-0.2, 0) is 28.1 Å². The van der Waals surface area contributed by atoms with Crippen LogP contribution in [0.15, 0.2) is 36.4 Å². The van der Waals surface area contributed by atoms with Gasteiger partial charge in [0.05, 0.1) is 6.04 Å². The maximum Gasteiger partial charge on any atom is 2.00 e. The third-order valence-corrected chi connectivity index (χ3v) is 5.99. The van der Waals surface area contributed by atoms with Gasteiger partial charge in [0.25, 0.3) is 0 Å². The maximum absolute atomic E-state index is 12.8. The Balaban J connectivity index is 0.00000190. The summed E-state index contributed by atoms with van der Waals surface area (Å²) in [5, 5.41) is 0. The van der Waals surface area contributed by atoms with Crippen molar-refractivity contribution in [1.29, 1.82) is 0 Å². The van der Waals surface area contributed by atoms with Crippen LogP contribution < -0.4 is 18.9 Å². The van der Waals surface area contributed by atoms with Crippen molar-refractivity contribution in [3.05, 3.63) is 55.0 Å². The van der Waals surface area contributed by atoms with Crippen molar-refractivity contribution in [1.82, 2.24) is 9.80 Å². The number of halogens is 3. The van der Waals surface area contributed by atoms with Gasteiger partial charge >= 0.3 is 30.8 Å². The molecule has 13 heteroatoms. The van der Waals surface area contributed by atoms with Gasteiger partial charge in [-0.1, -0.05) is 12.1 Å². The molecule has 0 N–H and O–H groups in total. The van der Waals surface area contributed by atoms with Crippen LogP contribution in [-0.4, -0.2) is 74.2 Å². The van der Waals surface area contributed by atoms with E-state index < -0.39 is 18.4 Å². The zero-order valence-electron chi connectivity index (χ0n) is 19.7. The number of fused-ring (bicyclic) bond motifs is 2. The largest absolute Gasteiger partial charge is 2.00 e. The van der Waals surface area contributed by atoms with Crippen LogP contribution in [0.4, 0.5) is 18.0 Å². The SMILES string of the molecule is O=[C-]C(OC(=O)N1CCN(C(c2ccc3c(c2)OCO3)c2ccc3c(c2)OCO3)CC1)C(F)(F)F.[CH3-].[V+2]. The van der Waals surface area contributed by atoms with E-state index in [9.17, 15) is 22.8 Å². The van der Waals surface area contributed by atoms with Gasteiger partial charge in [0.2, 0.25) is 13.6 Å². The molecule has 3 heterocycles. The van der Waals surface area contributed by atoms with Crippen LogP contribution in [0.5, 0.6) is 23.0 Å². The molecule has 1 atom stereocenters. The Labute approximate surface area is 223 Å². The molecule has 0 aliphatic carbocycles. The van der Waals surface area contributed by atoms with E-state index in [1.807, 2.05) is 36.4 Å². The van der Waals surface area contributed by atoms with Crippen molar-refractivity contribution in [2.75, 3.05) is 39.8 Å². The second kappa shape index (κ2) is 11.5. The quantitative estimate of drug-likeness (QED) is 0.515. The number of hydrogen-bond acceptors (Lipinski definition) is 8. The van der Waals surface area contributed by atoms with E-state index in [1.54, 1.807) is 0 Å². The standard InChI is InChI=1S/C23H20F3N2O7.CH3.V/c24-23(25,26)20(11-29)35-22(30)28-7-5-27(6-8-28)21(14-1-3-16-18(9-14)33-12-31-16)15-2-4-17-19(10-15)34-13-32-17;;/h1-4,9-10,20-21H,5-8,12-13H2;1H3;/q2*-1;+2. The Kier molecular flexibility index (Phi) is 8.88. The van der Waals surface area contributed by atoms with Crippen LogP contribution in [0.2, 0.25) is 0 Å². The van der Waals surface area contributed by atoms with Crippen molar-refractivity contribution in [3.8, 4) is 23.0 Å². The number of hydrogen-bond donors (Lipinski definition) is 0. The molecule has 2 aromatic rings. The number of carbonyl (C=O) groups is 1. The van der Waals surface area contributed by atoms with Gasteiger partial charge in [-0.3, -0.25) is 4.90 Å². The number of piperazine rings is 1. The number of nitrogens with zero attached hydrogens (tertiary/aromatic N) is 2. The average molecular weight is 559 g/mol. The first kappa shape index (κ1) is 28.5. The first-order chi connectivity index (χ1) is 16.8. The van der Waals surface area contributed by atoms with Gasteiger partial charge in [0, 0.05) is 26.2 Å². The fourth-order valence-corrected chi connectivity index (χ4v) is 4.28. The van der Waals surface area contributed by atoms with Crippen molar-refractivity contribution >= 4 is 12.4 Å². The summed E-state index contributed by atoms with van der Waals surface area (Å²) in [6, 6.07) is 11.0. The molecule has 5 rings (SSSR count). The minimum atomic E-state index is -5.01. The Morgan fingerprint density at radius 3 is 1.81 bits per heavy atom. The van der Waals surface area contributed by atoms with Crippen LogP contribution in [0.25, 0.3) is 0 Å². The zero-order valence-corrected chi connectivity index (χ0v) is 21.1. The van der Waals surface area contributed by atoms with Crippen LogP contribution >= 0.6 is 0 Å². The fourth-order valence-electron chi connectivity index (χ4n) is 4.28. The number of benzene rings is 2. The second-order valence-corrected chi connectivity index (χ2v) is 8.07. The summed E-state index contributed by atoms with van der Waals surface area (Å²) < 4.78 is 64.5. The molecule has 3 aliphatic heterocycles. The molecule has 0 bridgehead atoms. The Bertz CT molecular complexity index is 1070. The molecule has 197 valence electrons. The molecule has 1 unspecified atom stereocenters. The molecule has 1 saturated heterocycles. The zero-order chi connectivity index (χ0) is 24.6. The molecule has 0 aromatic heterocycles. The minimum Gasteiger partial charge on any atom is -0.538 e. The molecule has 1 fully saturated rings. The van der Waals surface area contributed by atoms with Crippen LogP contribution in [0, 0.1) is 7.43 Å². The average Bonchev–Trinajstić information content (AvgIpc) is 3.51. The monoisotopic (exact) mass is 559 g/mol. The fraction of sp³-hybridized carbons (Fsp3) is 0.375. The van der Waals surface area contributed by atoms with Crippen molar-refractivity contribution < 1.29 is 65.0 Å². The normalized spacial score (nSPS) is 17.0. The second-order valence-electron chi connectivity index (χ2n) is 8.07.